The highest BCUT2D eigenvalue weighted by Crippen LogP contribution is 2.27. The second-order valence-electron chi connectivity index (χ2n) is 5.45. The van der Waals surface area contributed by atoms with Crippen molar-refractivity contribution in [3.05, 3.63) is 23.4 Å². The van der Waals surface area contributed by atoms with E-state index < -0.39 is 0 Å². The third-order valence-corrected chi connectivity index (χ3v) is 3.99. The molecule has 1 amide bonds. The Balaban J connectivity index is 2.07. The van der Waals surface area contributed by atoms with E-state index in [0.29, 0.717) is 23.3 Å². The maximum atomic E-state index is 12.3. The highest BCUT2D eigenvalue weighted by Gasteiger charge is 2.25. The van der Waals surface area contributed by atoms with Crippen LogP contribution in [0.1, 0.15) is 55.1 Å². The molecule has 4 heteroatoms. The molecule has 1 saturated carbocycles. The van der Waals surface area contributed by atoms with Crippen molar-refractivity contribution in [3.8, 4) is 0 Å². The van der Waals surface area contributed by atoms with Gasteiger partial charge >= 0.3 is 0 Å². The van der Waals surface area contributed by atoms with Gasteiger partial charge in [-0.1, -0.05) is 26.2 Å². The van der Waals surface area contributed by atoms with Crippen LogP contribution in [-0.4, -0.2) is 16.9 Å². The van der Waals surface area contributed by atoms with E-state index >= 15 is 0 Å². The van der Waals surface area contributed by atoms with Gasteiger partial charge in [-0.15, -0.1) is 0 Å². The Morgan fingerprint density at radius 3 is 2.84 bits per heavy atom. The van der Waals surface area contributed by atoms with Crippen LogP contribution in [-0.2, 0) is 0 Å². The normalized spacial score (nSPS) is 23.1. The molecule has 0 spiro atoms. The van der Waals surface area contributed by atoms with E-state index in [4.69, 9.17) is 5.73 Å². The number of nitrogen functional groups attached to an aromatic ring is 1. The maximum Gasteiger partial charge on any atom is 0.251 e. The quantitative estimate of drug-likeness (QED) is 0.879. The molecule has 4 nitrogen and oxygen atoms in total. The number of aromatic nitrogens is 1. The van der Waals surface area contributed by atoms with Crippen molar-refractivity contribution in [2.24, 2.45) is 5.92 Å². The average molecular weight is 261 g/mol. The van der Waals surface area contributed by atoms with Crippen molar-refractivity contribution in [2.45, 2.75) is 52.0 Å². The van der Waals surface area contributed by atoms with Gasteiger partial charge in [-0.2, -0.15) is 0 Å². The summed E-state index contributed by atoms with van der Waals surface area (Å²) in [6.07, 6.45) is 5.93. The van der Waals surface area contributed by atoms with E-state index in [1.165, 1.54) is 19.3 Å². The fourth-order valence-electron chi connectivity index (χ4n) is 2.96. The minimum absolute atomic E-state index is 0.0254. The number of hydrogen-bond donors (Lipinski definition) is 2. The van der Waals surface area contributed by atoms with Crippen molar-refractivity contribution >= 4 is 11.7 Å². The van der Waals surface area contributed by atoms with Crippen molar-refractivity contribution in [2.75, 3.05) is 5.73 Å². The second kappa shape index (κ2) is 6.04. The molecule has 1 aromatic rings. The Labute approximate surface area is 114 Å². The van der Waals surface area contributed by atoms with E-state index in [1.54, 1.807) is 12.1 Å². The largest absolute Gasteiger partial charge is 0.384 e. The summed E-state index contributed by atoms with van der Waals surface area (Å²) >= 11 is 0. The number of carbonyl (C=O) groups excluding carboxylic acids is 1. The van der Waals surface area contributed by atoms with Crippen molar-refractivity contribution in [3.63, 3.8) is 0 Å². The smallest absolute Gasteiger partial charge is 0.251 e. The van der Waals surface area contributed by atoms with Gasteiger partial charge in [-0.05, 0) is 37.8 Å². The number of hydrogen-bond acceptors (Lipinski definition) is 3. The zero-order valence-electron chi connectivity index (χ0n) is 11.8. The lowest BCUT2D eigenvalue weighted by atomic mass is 9.83. The number of nitrogens with two attached hydrogens (primary N) is 1. The van der Waals surface area contributed by atoms with Crippen LogP contribution in [0.2, 0.25) is 0 Å². The highest BCUT2D eigenvalue weighted by molar-refractivity contribution is 5.95. The molecule has 1 aliphatic rings. The first-order valence-electron chi connectivity index (χ1n) is 7.15. The summed E-state index contributed by atoms with van der Waals surface area (Å²) in [5.74, 6) is 0.987. The summed E-state index contributed by atoms with van der Waals surface area (Å²) in [6.45, 7) is 4.05. The molecule has 1 heterocycles. The molecule has 2 unspecified atom stereocenters. The second-order valence-corrected chi connectivity index (χ2v) is 5.45. The SMILES string of the molecule is CCC1CCCCC1NC(=O)c1cc(C)nc(N)c1. The minimum Gasteiger partial charge on any atom is -0.384 e. The Hall–Kier alpha value is -1.58. The molecule has 2 rings (SSSR count). The third-order valence-electron chi connectivity index (χ3n) is 3.99. The van der Waals surface area contributed by atoms with Crippen LogP contribution < -0.4 is 11.1 Å². The van der Waals surface area contributed by atoms with Gasteiger partial charge in [0.25, 0.3) is 5.91 Å². The van der Waals surface area contributed by atoms with Crippen LogP contribution >= 0.6 is 0 Å². The van der Waals surface area contributed by atoms with E-state index in [9.17, 15) is 4.79 Å². The minimum atomic E-state index is -0.0254. The van der Waals surface area contributed by atoms with Gasteiger partial charge in [0, 0.05) is 17.3 Å². The number of pyridine rings is 1. The molecule has 0 aliphatic heterocycles. The number of rotatable bonds is 3. The summed E-state index contributed by atoms with van der Waals surface area (Å²) < 4.78 is 0. The number of anilines is 1. The van der Waals surface area contributed by atoms with Crippen molar-refractivity contribution in [1.82, 2.24) is 10.3 Å². The monoisotopic (exact) mass is 261 g/mol. The number of nitrogens with zero attached hydrogens (tertiary/aromatic N) is 1. The molecule has 2 atom stereocenters. The highest BCUT2D eigenvalue weighted by atomic mass is 16.1. The van der Waals surface area contributed by atoms with E-state index in [1.807, 2.05) is 6.92 Å². The molecular weight excluding hydrogens is 238 g/mol. The van der Waals surface area contributed by atoms with Gasteiger partial charge in [-0.3, -0.25) is 4.79 Å². The van der Waals surface area contributed by atoms with Crippen LogP contribution in [0.15, 0.2) is 12.1 Å². The van der Waals surface area contributed by atoms with Crippen LogP contribution in [0.5, 0.6) is 0 Å². The van der Waals surface area contributed by atoms with Crippen LogP contribution in [0.25, 0.3) is 0 Å². The van der Waals surface area contributed by atoms with Gasteiger partial charge < -0.3 is 11.1 Å². The predicted octanol–water partition coefficient (Wildman–Crippen LogP) is 2.67. The Bertz CT molecular complexity index is 438. The summed E-state index contributed by atoms with van der Waals surface area (Å²) in [5.41, 5.74) is 7.09. The summed E-state index contributed by atoms with van der Waals surface area (Å²) in [6, 6.07) is 3.74. The number of carbonyl (C=O) groups is 1. The van der Waals surface area contributed by atoms with E-state index in [2.05, 4.69) is 17.2 Å². The molecule has 1 fully saturated rings. The zero-order valence-corrected chi connectivity index (χ0v) is 11.8. The van der Waals surface area contributed by atoms with Gasteiger partial charge in [0.1, 0.15) is 5.82 Å². The lowest BCUT2D eigenvalue weighted by molar-refractivity contribution is 0.0904. The fourth-order valence-corrected chi connectivity index (χ4v) is 2.96. The number of amides is 1. The standard InChI is InChI=1S/C15H23N3O/c1-3-11-6-4-5-7-13(11)18-15(19)12-8-10(2)17-14(16)9-12/h8-9,11,13H,3-7H2,1-2H3,(H2,16,17)(H,18,19). The van der Waals surface area contributed by atoms with Crippen LogP contribution in [0.4, 0.5) is 5.82 Å². The first-order chi connectivity index (χ1) is 9.10. The van der Waals surface area contributed by atoms with Crippen molar-refractivity contribution in [1.29, 1.82) is 0 Å². The Morgan fingerprint density at radius 1 is 1.42 bits per heavy atom. The molecule has 104 valence electrons. The third kappa shape index (κ3) is 3.46. The molecule has 1 aromatic heterocycles. The topological polar surface area (TPSA) is 68.0 Å². The van der Waals surface area contributed by atoms with Crippen molar-refractivity contribution < 1.29 is 4.79 Å². The van der Waals surface area contributed by atoms with Crippen LogP contribution in [0.3, 0.4) is 0 Å². The number of aryl methyl sites for hydroxylation is 1. The molecule has 3 N–H and O–H groups in total. The summed E-state index contributed by atoms with van der Waals surface area (Å²) in [7, 11) is 0. The lowest BCUT2D eigenvalue weighted by Crippen LogP contribution is -2.42. The van der Waals surface area contributed by atoms with Gasteiger partial charge in [0.05, 0.1) is 0 Å². The molecule has 0 radical (unpaired) electrons. The van der Waals surface area contributed by atoms with Gasteiger partial charge in [-0.25, -0.2) is 4.98 Å². The van der Waals surface area contributed by atoms with Gasteiger partial charge in [0.15, 0.2) is 0 Å². The zero-order chi connectivity index (χ0) is 13.8. The van der Waals surface area contributed by atoms with Crippen LogP contribution in [0, 0.1) is 12.8 Å². The molecule has 1 aliphatic carbocycles. The van der Waals surface area contributed by atoms with E-state index in [0.717, 1.165) is 18.5 Å². The maximum absolute atomic E-state index is 12.3. The molecule has 0 saturated heterocycles. The van der Waals surface area contributed by atoms with Gasteiger partial charge in [0.2, 0.25) is 0 Å². The lowest BCUT2D eigenvalue weighted by Gasteiger charge is -2.31. The van der Waals surface area contributed by atoms with E-state index in [-0.39, 0.29) is 5.91 Å². The molecule has 0 aromatic carbocycles. The Morgan fingerprint density at radius 2 is 2.16 bits per heavy atom. The predicted molar refractivity (Wildman–Crippen MR) is 76.9 cm³/mol. The summed E-state index contributed by atoms with van der Waals surface area (Å²) in [4.78, 5) is 16.4. The first kappa shape index (κ1) is 13.8. The molecule has 19 heavy (non-hydrogen) atoms. The fraction of sp³-hybridized carbons (Fsp3) is 0.600. The average Bonchev–Trinajstić information content (AvgIpc) is 2.38. The number of nitrogens with one attached hydrogen (secondary N) is 1. The first-order valence-corrected chi connectivity index (χ1v) is 7.15. The molecule has 0 bridgehead atoms. The Kier molecular flexibility index (Phi) is 4.40. The summed E-state index contributed by atoms with van der Waals surface area (Å²) in [5, 5.41) is 3.17. The molecular formula is C15H23N3O.